The zero-order chi connectivity index (χ0) is 10.4. The van der Waals surface area contributed by atoms with Gasteiger partial charge < -0.3 is 5.32 Å². The fourth-order valence-electron chi connectivity index (χ4n) is 4.01. The summed E-state index contributed by atoms with van der Waals surface area (Å²) < 4.78 is 0. The van der Waals surface area contributed by atoms with E-state index in [0.717, 1.165) is 12.5 Å². The normalized spacial score (nSPS) is 44.2. The highest BCUT2D eigenvalue weighted by Gasteiger charge is 2.58. The van der Waals surface area contributed by atoms with Gasteiger partial charge in [-0.2, -0.15) is 0 Å². The quantitative estimate of drug-likeness (QED) is 0.679. The maximum Gasteiger partial charge on any atom is 0.0178 e. The predicted octanol–water partition coefficient (Wildman–Crippen LogP) is 2.98. The Morgan fingerprint density at radius 2 is 2.14 bits per heavy atom. The van der Waals surface area contributed by atoms with Crippen LogP contribution in [0.4, 0.5) is 0 Å². The van der Waals surface area contributed by atoms with Crippen molar-refractivity contribution in [2.45, 2.75) is 46.1 Å². The van der Waals surface area contributed by atoms with Gasteiger partial charge in [0.05, 0.1) is 0 Å². The molecule has 1 nitrogen and oxygen atoms in total. The third kappa shape index (κ3) is 1.25. The van der Waals surface area contributed by atoms with Crippen LogP contribution in [0.3, 0.4) is 0 Å². The number of nitrogens with one attached hydrogen (secondary N) is 1. The highest BCUT2D eigenvalue weighted by atomic mass is 15.0. The van der Waals surface area contributed by atoms with Gasteiger partial charge in [0.2, 0.25) is 0 Å². The average molecular weight is 193 g/mol. The SMILES string of the molecule is C=CCNC1C(C)(C)[C@H]2CC[C@]1(C)C2. The lowest BCUT2D eigenvalue weighted by atomic mass is 9.68. The Hall–Kier alpha value is -0.300. The molecule has 14 heavy (non-hydrogen) atoms. The van der Waals surface area contributed by atoms with Crippen LogP contribution in [-0.4, -0.2) is 12.6 Å². The molecule has 0 heterocycles. The fourth-order valence-corrected chi connectivity index (χ4v) is 4.01. The molecule has 0 saturated heterocycles. The second-order valence-corrected chi connectivity index (χ2v) is 6.05. The van der Waals surface area contributed by atoms with E-state index in [-0.39, 0.29) is 0 Å². The van der Waals surface area contributed by atoms with Gasteiger partial charge >= 0.3 is 0 Å². The summed E-state index contributed by atoms with van der Waals surface area (Å²) in [4.78, 5) is 0. The molecule has 3 atom stereocenters. The van der Waals surface area contributed by atoms with Gasteiger partial charge in [-0.05, 0) is 36.0 Å². The van der Waals surface area contributed by atoms with E-state index < -0.39 is 0 Å². The summed E-state index contributed by atoms with van der Waals surface area (Å²) >= 11 is 0. The molecule has 2 fully saturated rings. The molecule has 2 rings (SSSR count). The van der Waals surface area contributed by atoms with Gasteiger partial charge in [-0.1, -0.05) is 26.8 Å². The van der Waals surface area contributed by atoms with Crippen LogP contribution in [0.25, 0.3) is 0 Å². The molecule has 1 N–H and O–H groups in total. The summed E-state index contributed by atoms with van der Waals surface area (Å²) in [5, 5.41) is 3.68. The molecule has 0 amide bonds. The van der Waals surface area contributed by atoms with E-state index in [1.165, 1.54) is 19.3 Å². The van der Waals surface area contributed by atoms with Crippen molar-refractivity contribution in [2.75, 3.05) is 6.54 Å². The van der Waals surface area contributed by atoms with Crippen molar-refractivity contribution >= 4 is 0 Å². The molecule has 2 saturated carbocycles. The summed E-state index contributed by atoms with van der Waals surface area (Å²) in [5.41, 5.74) is 1.03. The van der Waals surface area contributed by atoms with E-state index in [9.17, 15) is 0 Å². The van der Waals surface area contributed by atoms with Crippen molar-refractivity contribution in [2.24, 2.45) is 16.7 Å². The lowest BCUT2D eigenvalue weighted by molar-refractivity contribution is 0.112. The topological polar surface area (TPSA) is 12.0 Å². The van der Waals surface area contributed by atoms with Crippen LogP contribution < -0.4 is 5.32 Å². The maximum atomic E-state index is 3.79. The zero-order valence-electron chi connectivity index (χ0n) is 9.77. The number of hydrogen-bond acceptors (Lipinski definition) is 1. The third-order valence-corrected chi connectivity index (χ3v) is 4.74. The van der Waals surface area contributed by atoms with Crippen LogP contribution in [0.2, 0.25) is 0 Å². The lowest BCUT2D eigenvalue weighted by Crippen LogP contribution is -2.50. The van der Waals surface area contributed by atoms with Crippen molar-refractivity contribution in [1.82, 2.24) is 5.32 Å². The molecule has 1 heteroatoms. The molecule has 2 bridgehead atoms. The summed E-state index contributed by atoms with van der Waals surface area (Å²) in [7, 11) is 0. The van der Waals surface area contributed by atoms with Crippen LogP contribution in [-0.2, 0) is 0 Å². The van der Waals surface area contributed by atoms with E-state index in [2.05, 4.69) is 32.7 Å². The van der Waals surface area contributed by atoms with Crippen molar-refractivity contribution in [3.8, 4) is 0 Å². The minimum Gasteiger partial charge on any atom is -0.309 e. The molecular formula is C13H23N. The molecule has 80 valence electrons. The minimum atomic E-state index is 0.482. The van der Waals surface area contributed by atoms with Gasteiger partial charge in [0.15, 0.2) is 0 Å². The molecule has 2 aliphatic carbocycles. The van der Waals surface area contributed by atoms with Gasteiger partial charge in [-0.3, -0.25) is 0 Å². The molecular weight excluding hydrogens is 170 g/mol. The van der Waals surface area contributed by atoms with E-state index in [0.29, 0.717) is 16.9 Å². The minimum absolute atomic E-state index is 0.482. The molecule has 0 aliphatic heterocycles. The molecule has 0 spiro atoms. The maximum absolute atomic E-state index is 3.79. The fraction of sp³-hybridized carbons (Fsp3) is 0.846. The first-order chi connectivity index (χ1) is 6.50. The molecule has 0 radical (unpaired) electrons. The summed E-state index contributed by atoms with van der Waals surface area (Å²) in [6, 6.07) is 0.687. The largest absolute Gasteiger partial charge is 0.309 e. The van der Waals surface area contributed by atoms with Crippen LogP contribution in [0.5, 0.6) is 0 Å². The zero-order valence-corrected chi connectivity index (χ0v) is 9.77. The molecule has 0 aromatic carbocycles. The summed E-state index contributed by atoms with van der Waals surface area (Å²) in [5.74, 6) is 0.940. The Labute approximate surface area is 88.0 Å². The van der Waals surface area contributed by atoms with Gasteiger partial charge in [-0.25, -0.2) is 0 Å². The van der Waals surface area contributed by atoms with Crippen molar-refractivity contribution in [3.63, 3.8) is 0 Å². The van der Waals surface area contributed by atoms with E-state index >= 15 is 0 Å². The van der Waals surface area contributed by atoms with Gasteiger partial charge in [0, 0.05) is 12.6 Å². The van der Waals surface area contributed by atoms with E-state index in [1.54, 1.807) is 0 Å². The van der Waals surface area contributed by atoms with Gasteiger partial charge in [0.1, 0.15) is 0 Å². The van der Waals surface area contributed by atoms with Crippen molar-refractivity contribution in [1.29, 1.82) is 0 Å². The molecule has 2 aliphatic rings. The third-order valence-electron chi connectivity index (χ3n) is 4.74. The van der Waals surface area contributed by atoms with Crippen LogP contribution in [0.1, 0.15) is 40.0 Å². The first kappa shape index (κ1) is 10.2. The van der Waals surface area contributed by atoms with Gasteiger partial charge in [0.25, 0.3) is 0 Å². The highest BCUT2D eigenvalue weighted by Crippen LogP contribution is 2.62. The Bertz CT molecular complexity index is 239. The van der Waals surface area contributed by atoms with Crippen LogP contribution >= 0.6 is 0 Å². The number of fused-ring (bicyclic) bond motifs is 2. The Morgan fingerprint density at radius 3 is 2.64 bits per heavy atom. The highest BCUT2D eigenvalue weighted by molar-refractivity contribution is 5.12. The Morgan fingerprint density at radius 1 is 1.43 bits per heavy atom. The summed E-state index contributed by atoms with van der Waals surface area (Å²) in [6.07, 6.45) is 6.26. The molecule has 0 aromatic heterocycles. The summed E-state index contributed by atoms with van der Waals surface area (Å²) in [6.45, 7) is 12.1. The average Bonchev–Trinajstić information content (AvgIpc) is 2.55. The first-order valence-electron chi connectivity index (χ1n) is 5.85. The van der Waals surface area contributed by atoms with E-state index in [1.807, 2.05) is 6.08 Å². The van der Waals surface area contributed by atoms with Crippen LogP contribution in [0, 0.1) is 16.7 Å². The van der Waals surface area contributed by atoms with Crippen molar-refractivity contribution < 1.29 is 0 Å². The Kier molecular flexibility index (Phi) is 2.26. The molecule has 1 unspecified atom stereocenters. The second-order valence-electron chi connectivity index (χ2n) is 6.05. The first-order valence-corrected chi connectivity index (χ1v) is 5.85. The standard InChI is InChI=1S/C13H23N/c1-5-8-14-11-12(2,3)10-6-7-13(11,4)9-10/h5,10-11,14H,1,6-9H2,2-4H3/t10-,11?,13+/m0/s1. The number of rotatable bonds is 3. The van der Waals surface area contributed by atoms with E-state index in [4.69, 9.17) is 0 Å². The molecule has 0 aromatic rings. The van der Waals surface area contributed by atoms with Crippen molar-refractivity contribution in [3.05, 3.63) is 12.7 Å². The predicted molar refractivity (Wildman–Crippen MR) is 61.2 cm³/mol. The van der Waals surface area contributed by atoms with Gasteiger partial charge in [-0.15, -0.1) is 6.58 Å². The lowest BCUT2D eigenvalue weighted by Gasteiger charge is -2.43. The number of hydrogen-bond donors (Lipinski definition) is 1. The smallest absolute Gasteiger partial charge is 0.0178 e. The van der Waals surface area contributed by atoms with Crippen LogP contribution in [0.15, 0.2) is 12.7 Å². The Balaban J connectivity index is 2.16. The second kappa shape index (κ2) is 3.10. The monoisotopic (exact) mass is 193 g/mol.